The van der Waals surface area contributed by atoms with Crippen molar-refractivity contribution < 1.29 is 28.2 Å². The number of hydrogen-bond acceptors (Lipinski definition) is 5. The van der Waals surface area contributed by atoms with Crippen LogP contribution in [0, 0.1) is 19.7 Å². The molecule has 0 aliphatic carbocycles. The van der Waals surface area contributed by atoms with Crippen LogP contribution in [0.2, 0.25) is 0 Å². The molecule has 0 spiro atoms. The van der Waals surface area contributed by atoms with Crippen molar-refractivity contribution in [1.29, 1.82) is 0 Å². The van der Waals surface area contributed by atoms with Crippen molar-refractivity contribution >= 4 is 11.8 Å². The molecule has 0 amide bonds. The number of halogens is 1. The summed E-state index contributed by atoms with van der Waals surface area (Å²) in [5, 5.41) is 0. The Hall–Kier alpha value is -2.67. The normalized spacial score (nSPS) is 16.2. The van der Waals surface area contributed by atoms with Crippen molar-refractivity contribution in [2.75, 3.05) is 20.3 Å². The van der Waals surface area contributed by atoms with Crippen molar-refractivity contribution in [3.8, 4) is 5.75 Å². The molecule has 1 aliphatic heterocycles. The number of ketones is 1. The molecule has 7 heteroatoms. The van der Waals surface area contributed by atoms with E-state index in [2.05, 4.69) is 4.57 Å². The van der Waals surface area contributed by atoms with Gasteiger partial charge in [0.1, 0.15) is 0 Å². The number of rotatable bonds is 7. The summed E-state index contributed by atoms with van der Waals surface area (Å²) in [5.74, 6) is -1.69. The summed E-state index contributed by atoms with van der Waals surface area (Å²) in [7, 11) is 1.34. The summed E-state index contributed by atoms with van der Waals surface area (Å²) in [5.41, 5.74) is 2.32. The van der Waals surface area contributed by atoms with Crippen LogP contribution in [0.25, 0.3) is 0 Å². The lowest BCUT2D eigenvalue weighted by atomic mass is 10.1. The molecule has 0 unspecified atom stereocenters. The highest BCUT2D eigenvalue weighted by Gasteiger charge is 2.22. The van der Waals surface area contributed by atoms with E-state index in [9.17, 15) is 14.0 Å². The van der Waals surface area contributed by atoms with Crippen molar-refractivity contribution in [1.82, 2.24) is 4.57 Å². The van der Waals surface area contributed by atoms with E-state index in [-0.39, 0.29) is 23.2 Å². The number of aryl methyl sites for hydroxylation is 1. The second kappa shape index (κ2) is 8.56. The molecule has 1 saturated heterocycles. The Morgan fingerprint density at radius 3 is 2.71 bits per heavy atom. The Morgan fingerprint density at radius 2 is 2.07 bits per heavy atom. The number of nitrogens with zero attached hydrogens (tertiary/aromatic N) is 1. The lowest BCUT2D eigenvalue weighted by Crippen LogP contribution is -2.18. The molecule has 0 radical (unpaired) electrons. The number of carbonyl (C=O) groups is 2. The summed E-state index contributed by atoms with van der Waals surface area (Å²) in [6, 6.07) is 5.56. The number of ether oxygens (including phenoxy) is 3. The standard InChI is InChI=1S/C21H24FNO5/c1-13-9-17(14(2)23(13)11-16-5-4-8-27-16)19(24)12-28-21(25)15-6-7-20(26-3)18(22)10-15/h6-7,9-10,16H,4-5,8,11-12H2,1-3H3/t16-/m1/s1. The van der Waals surface area contributed by atoms with Crippen molar-refractivity contribution in [3.63, 3.8) is 0 Å². The second-order valence-electron chi connectivity index (χ2n) is 6.88. The van der Waals surface area contributed by atoms with Gasteiger partial charge in [-0.2, -0.15) is 0 Å². The lowest BCUT2D eigenvalue weighted by molar-refractivity contribution is 0.0474. The number of esters is 1. The number of aromatic nitrogens is 1. The van der Waals surface area contributed by atoms with Crippen LogP contribution in [0.5, 0.6) is 5.75 Å². The molecule has 1 fully saturated rings. The van der Waals surface area contributed by atoms with Gasteiger partial charge in [0.05, 0.1) is 18.8 Å². The van der Waals surface area contributed by atoms with E-state index in [1.807, 2.05) is 13.8 Å². The molecule has 28 heavy (non-hydrogen) atoms. The molecule has 0 N–H and O–H groups in total. The molecule has 1 aromatic heterocycles. The summed E-state index contributed by atoms with van der Waals surface area (Å²) >= 11 is 0. The minimum Gasteiger partial charge on any atom is -0.494 e. The average Bonchev–Trinajstić information content (AvgIpc) is 3.29. The molecule has 150 valence electrons. The van der Waals surface area contributed by atoms with Crippen LogP contribution in [0.15, 0.2) is 24.3 Å². The first-order valence-corrected chi connectivity index (χ1v) is 9.23. The van der Waals surface area contributed by atoms with E-state index in [0.717, 1.165) is 36.9 Å². The zero-order valence-electron chi connectivity index (χ0n) is 16.3. The number of carbonyl (C=O) groups excluding carboxylic acids is 2. The van der Waals surface area contributed by atoms with Crippen molar-refractivity contribution in [3.05, 3.63) is 52.6 Å². The Morgan fingerprint density at radius 1 is 1.29 bits per heavy atom. The van der Waals surface area contributed by atoms with Crippen LogP contribution < -0.4 is 4.74 Å². The third-order valence-corrected chi connectivity index (χ3v) is 5.01. The molecule has 6 nitrogen and oxygen atoms in total. The van der Waals surface area contributed by atoms with E-state index >= 15 is 0 Å². The molecule has 2 heterocycles. The maximum Gasteiger partial charge on any atom is 0.338 e. The van der Waals surface area contributed by atoms with Crippen LogP contribution in [0.4, 0.5) is 4.39 Å². The highest BCUT2D eigenvalue weighted by atomic mass is 19.1. The van der Waals surface area contributed by atoms with Gasteiger partial charge in [0.25, 0.3) is 0 Å². The number of methoxy groups -OCH3 is 1. The predicted octanol–water partition coefficient (Wildman–Crippen LogP) is 3.47. The Kier molecular flexibility index (Phi) is 6.14. The topological polar surface area (TPSA) is 66.8 Å². The summed E-state index contributed by atoms with van der Waals surface area (Å²) in [6.45, 7) is 4.88. The first kappa shape index (κ1) is 20.1. The molecule has 0 bridgehead atoms. The molecule has 1 aliphatic rings. The minimum absolute atomic E-state index is 0.0231. The zero-order chi connectivity index (χ0) is 20.3. The van der Waals surface area contributed by atoms with Gasteiger partial charge < -0.3 is 18.8 Å². The highest BCUT2D eigenvalue weighted by molar-refractivity contribution is 6.00. The van der Waals surface area contributed by atoms with Gasteiger partial charge in [0, 0.05) is 30.1 Å². The maximum atomic E-state index is 13.7. The average molecular weight is 389 g/mol. The molecule has 0 saturated carbocycles. The maximum absolute atomic E-state index is 13.7. The van der Waals surface area contributed by atoms with Gasteiger partial charge in [-0.3, -0.25) is 4.79 Å². The van der Waals surface area contributed by atoms with E-state index < -0.39 is 18.4 Å². The molecule has 3 rings (SSSR count). The predicted molar refractivity (Wildman–Crippen MR) is 100 cm³/mol. The van der Waals surface area contributed by atoms with E-state index in [0.29, 0.717) is 12.1 Å². The van der Waals surface area contributed by atoms with Crippen LogP contribution >= 0.6 is 0 Å². The van der Waals surface area contributed by atoms with Crippen LogP contribution in [0.1, 0.15) is 44.9 Å². The smallest absolute Gasteiger partial charge is 0.338 e. The van der Waals surface area contributed by atoms with Crippen molar-refractivity contribution in [2.24, 2.45) is 0 Å². The van der Waals surface area contributed by atoms with Gasteiger partial charge in [-0.05, 0) is 51.0 Å². The minimum atomic E-state index is -0.761. The number of hydrogen-bond donors (Lipinski definition) is 0. The first-order chi connectivity index (χ1) is 13.4. The highest BCUT2D eigenvalue weighted by Crippen LogP contribution is 2.21. The van der Waals surface area contributed by atoms with Gasteiger partial charge in [-0.1, -0.05) is 0 Å². The third kappa shape index (κ3) is 4.25. The number of Topliss-reactive ketones (excluding diaryl/α,β-unsaturated/α-hetero) is 1. The van der Waals surface area contributed by atoms with Crippen molar-refractivity contribution in [2.45, 2.75) is 39.3 Å². The fraction of sp³-hybridized carbons (Fsp3) is 0.429. The fourth-order valence-corrected chi connectivity index (χ4v) is 3.44. The summed E-state index contributed by atoms with van der Waals surface area (Å²) in [6.07, 6.45) is 2.23. The Labute approximate surface area is 163 Å². The summed E-state index contributed by atoms with van der Waals surface area (Å²) < 4.78 is 31.4. The molecular formula is C21H24FNO5. The molecular weight excluding hydrogens is 365 g/mol. The van der Waals surface area contributed by atoms with Crippen LogP contribution in [-0.4, -0.2) is 42.7 Å². The summed E-state index contributed by atoms with van der Waals surface area (Å²) in [4.78, 5) is 24.7. The molecule has 2 aromatic rings. The second-order valence-corrected chi connectivity index (χ2v) is 6.88. The third-order valence-electron chi connectivity index (χ3n) is 5.01. The largest absolute Gasteiger partial charge is 0.494 e. The monoisotopic (exact) mass is 389 g/mol. The quantitative estimate of drug-likeness (QED) is 0.536. The lowest BCUT2D eigenvalue weighted by Gasteiger charge is -2.14. The van der Waals surface area contributed by atoms with Gasteiger partial charge >= 0.3 is 5.97 Å². The first-order valence-electron chi connectivity index (χ1n) is 9.23. The fourth-order valence-electron chi connectivity index (χ4n) is 3.44. The Balaban J connectivity index is 1.64. The van der Waals surface area contributed by atoms with E-state index in [1.54, 1.807) is 6.07 Å². The van der Waals surface area contributed by atoms with E-state index in [1.165, 1.54) is 19.2 Å². The number of benzene rings is 1. The van der Waals surface area contributed by atoms with Gasteiger partial charge in [-0.15, -0.1) is 0 Å². The van der Waals surface area contributed by atoms with E-state index in [4.69, 9.17) is 14.2 Å². The van der Waals surface area contributed by atoms with Gasteiger partial charge in [-0.25, -0.2) is 9.18 Å². The molecule has 1 aromatic carbocycles. The zero-order valence-corrected chi connectivity index (χ0v) is 16.3. The van der Waals surface area contributed by atoms with Crippen LogP contribution in [-0.2, 0) is 16.0 Å². The van der Waals surface area contributed by atoms with Gasteiger partial charge in [0.15, 0.2) is 18.2 Å². The Bertz CT molecular complexity index is 883. The SMILES string of the molecule is COc1ccc(C(=O)OCC(=O)c2cc(C)n(C[C@H]3CCCO3)c2C)cc1F. The molecule has 1 atom stereocenters. The van der Waals surface area contributed by atoms with Gasteiger partial charge in [0.2, 0.25) is 5.78 Å². The van der Waals surface area contributed by atoms with Crippen LogP contribution in [0.3, 0.4) is 0 Å².